The summed E-state index contributed by atoms with van der Waals surface area (Å²) >= 11 is 0. The summed E-state index contributed by atoms with van der Waals surface area (Å²) in [6.45, 7) is 4.22. The van der Waals surface area contributed by atoms with Gasteiger partial charge in [0, 0.05) is 65.1 Å². The predicted octanol–water partition coefficient (Wildman–Crippen LogP) is 4.77. The summed E-state index contributed by atoms with van der Waals surface area (Å²) in [5, 5.41) is 10.7. The van der Waals surface area contributed by atoms with Gasteiger partial charge in [0.25, 0.3) is 17.7 Å². The Morgan fingerprint density at radius 3 is 2.46 bits per heavy atom. The first-order valence-electron chi connectivity index (χ1n) is 18.3. The summed E-state index contributed by atoms with van der Waals surface area (Å²) in [5.74, 6) is -5.30. The number of halogens is 3. The number of H-pyrrole nitrogens is 2. The molecule has 15 heteroatoms. The summed E-state index contributed by atoms with van der Waals surface area (Å²) in [6, 6.07) is 12.1. The number of fused-ring (bicyclic) bond motifs is 4. The summed E-state index contributed by atoms with van der Waals surface area (Å²) in [5.41, 5.74) is 4.69. The van der Waals surface area contributed by atoms with Crippen LogP contribution < -0.4 is 10.2 Å². The van der Waals surface area contributed by atoms with Crippen LogP contribution in [0.3, 0.4) is 0 Å². The molecule has 6 heterocycles. The minimum Gasteiger partial charge on any atom is -0.353 e. The number of hydrogen-bond acceptors (Lipinski definition) is 7. The highest BCUT2D eigenvalue weighted by molar-refractivity contribution is 6.23. The maximum absolute atomic E-state index is 14.5. The Morgan fingerprint density at radius 1 is 0.926 bits per heavy atom. The van der Waals surface area contributed by atoms with Gasteiger partial charge in [-0.15, -0.1) is 12.4 Å². The number of anilines is 1. The fourth-order valence-corrected chi connectivity index (χ4v) is 9.79. The van der Waals surface area contributed by atoms with Crippen molar-refractivity contribution in [1.29, 1.82) is 0 Å². The molecule has 1 saturated carbocycles. The Morgan fingerprint density at radius 2 is 1.69 bits per heavy atom. The van der Waals surface area contributed by atoms with E-state index in [4.69, 9.17) is 0 Å². The summed E-state index contributed by atoms with van der Waals surface area (Å²) in [4.78, 5) is 73.0. The molecule has 3 N–H and O–H groups in total. The first kappa shape index (κ1) is 34.8. The van der Waals surface area contributed by atoms with Gasteiger partial charge in [-0.05, 0) is 81.1 Å². The zero-order valence-electron chi connectivity index (χ0n) is 29.5. The van der Waals surface area contributed by atoms with E-state index in [1.165, 1.54) is 0 Å². The molecule has 4 aliphatic heterocycles. The van der Waals surface area contributed by atoms with Crippen molar-refractivity contribution in [2.45, 2.75) is 70.4 Å². The molecular weight excluding hydrogens is 720 g/mol. The standard InChI is InChI=1S/C39H37F2N7O5.ClH/c1-37-18-28-25(17-30(37)39(37,40)41)32(45-44-28)27-15-21-3-4-22(16-26(21)42-27)47-13-10-38(36(47)53)8-11-46(12-9-38)19-20-2-5-23-24(14-20)35(52)48(34(23)51)29-6-7-31(49)43-33(29)50;/h2-5,14-16,29-30,42H,6-13,17-19H2,1H3,(H,44,45)(H,43,49,50);1H/t29?,30-,37+;/m0./s1. The highest BCUT2D eigenvalue weighted by Crippen LogP contribution is 2.70. The number of nitrogens with one attached hydrogen (secondary N) is 3. The van der Waals surface area contributed by atoms with Crippen LogP contribution in [-0.4, -0.2) is 86.1 Å². The maximum atomic E-state index is 14.5. The molecule has 2 aromatic carbocycles. The van der Waals surface area contributed by atoms with Gasteiger partial charge in [-0.25, -0.2) is 8.78 Å². The van der Waals surface area contributed by atoms with Gasteiger partial charge in [-0.1, -0.05) is 19.1 Å². The minimum absolute atomic E-state index is 0. The van der Waals surface area contributed by atoms with E-state index in [1.807, 2.05) is 35.2 Å². The van der Waals surface area contributed by atoms with Crippen molar-refractivity contribution in [3.8, 4) is 11.4 Å². The predicted molar refractivity (Wildman–Crippen MR) is 194 cm³/mol. The quantitative estimate of drug-likeness (QED) is 0.248. The molecule has 6 aliphatic rings. The molecule has 4 fully saturated rings. The Labute approximate surface area is 314 Å². The number of piperidine rings is 2. The Balaban J connectivity index is 0.00000384. The van der Waals surface area contributed by atoms with Crippen LogP contribution in [0.5, 0.6) is 0 Å². The van der Waals surface area contributed by atoms with Crippen molar-refractivity contribution < 1.29 is 32.8 Å². The normalized spacial score (nSPS) is 26.9. The lowest BCUT2D eigenvalue weighted by Crippen LogP contribution is -2.54. The zero-order valence-corrected chi connectivity index (χ0v) is 30.3. The van der Waals surface area contributed by atoms with Gasteiger partial charge >= 0.3 is 0 Å². The molecule has 3 atom stereocenters. The van der Waals surface area contributed by atoms with E-state index in [-0.39, 0.29) is 48.7 Å². The molecule has 5 amide bonds. The average molecular weight is 758 g/mol. The fourth-order valence-electron chi connectivity index (χ4n) is 9.79. The highest BCUT2D eigenvalue weighted by atomic mass is 35.5. The largest absolute Gasteiger partial charge is 0.353 e. The van der Waals surface area contributed by atoms with E-state index in [0.29, 0.717) is 51.1 Å². The van der Waals surface area contributed by atoms with Gasteiger partial charge in [0.15, 0.2) is 0 Å². The number of carbonyl (C=O) groups is 5. The molecule has 0 bridgehead atoms. The van der Waals surface area contributed by atoms with Gasteiger partial charge in [0.05, 0.1) is 22.2 Å². The zero-order chi connectivity index (χ0) is 36.6. The van der Waals surface area contributed by atoms with E-state index in [9.17, 15) is 32.8 Å². The molecule has 4 aromatic rings. The fraction of sp³-hybridized carbons (Fsp3) is 0.436. The average Bonchev–Trinajstić information content (AvgIpc) is 3.72. The van der Waals surface area contributed by atoms with Crippen molar-refractivity contribution in [1.82, 2.24) is 30.3 Å². The highest BCUT2D eigenvalue weighted by Gasteiger charge is 2.78. The van der Waals surface area contributed by atoms with Crippen LogP contribution in [0.4, 0.5) is 14.5 Å². The number of amides is 5. The lowest BCUT2D eigenvalue weighted by atomic mass is 9.77. The van der Waals surface area contributed by atoms with E-state index < -0.39 is 52.3 Å². The van der Waals surface area contributed by atoms with Crippen molar-refractivity contribution >= 4 is 58.5 Å². The smallest absolute Gasteiger partial charge is 0.262 e. The number of benzene rings is 2. The Kier molecular flexibility index (Phi) is 7.59. The second-order valence-electron chi connectivity index (χ2n) is 16.0. The first-order valence-corrected chi connectivity index (χ1v) is 18.3. The molecule has 1 spiro atoms. The van der Waals surface area contributed by atoms with Crippen molar-refractivity contribution in [2.75, 3.05) is 24.5 Å². The van der Waals surface area contributed by atoms with E-state index in [2.05, 4.69) is 25.4 Å². The number of rotatable bonds is 5. The minimum atomic E-state index is -2.66. The van der Waals surface area contributed by atoms with Gasteiger partial charge < -0.3 is 9.88 Å². The molecular formula is C39H38ClF2N7O5. The number of aromatic amines is 2. The first-order chi connectivity index (χ1) is 25.4. The van der Waals surface area contributed by atoms with Crippen LogP contribution in [-0.2, 0) is 33.8 Å². The molecule has 1 unspecified atom stereocenters. The van der Waals surface area contributed by atoms with Gasteiger partial charge in [0.1, 0.15) is 11.7 Å². The van der Waals surface area contributed by atoms with E-state index >= 15 is 0 Å². The third-order valence-corrected chi connectivity index (χ3v) is 13.2. The summed E-state index contributed by atoms with van der Waals surface area (Å²) < 4.78 is 29.0. The molecule has 0 radical (unpaired) electrons. The molecule has 3 saturated heterocycles. The molecule has 2 aromatic heterocycles. The van der Waals surface area contributed by atoms with Gasteiger partial charge in [0.2, 0.25) is 17.7 Å². The molecule has 10 rings (SSSR count). The SMILES string of the molecule is C[C@@]12Cc3[nH]nc(-c4cc5ccc(N6CCC7(CCN(Cc8ccc9c(c8)C(=O)N(C8CCC(=O)NC8=O)C9=O)CC7)C6=O)cc5[nH]4)c3C[C@@H]1C2(F)F.Cl. The van der Waals surface area contributed by atoms with Crippen LogP contribution in [0.25, 0.3) is 22.3 Å². The summed E-state index contributed by atoms with van der Waals surface area (Å²) in [6.07, 6.45) is 2.92. The molecule has 280 valence electrons. The molecule has 54 heavy (non-hydrogen) atoms. The second kappa shape index (κ2) is 11.8. The third-order valence-electron chi connectivity index (χ3n) is 13.2. The maximum Gasteiger partial charge on any atom is 0.262 e. The van der Waals surface area contributed by atoms with Crippen molar-refractivity contribution in [2.24, 2.45) is 16.7 Å². The number of alkyl halides is 2. The molecule has 2 aliphatic carbocycles. The topological polar surface area (TPSA) is 152 Å². The lowest BCUT2D eigenvalue weighted by Gasteiger charge is -2.38. The van der Waals surface area contributed by atoms with E-state index in [1.54, 1.807) is 19.1 Å². The number of hydrogen-bond donors (Lipinski definition) is 3. The lowest BCUT2D eigenvalue weighted by molar-refractivity contribution is -0.136. The van der Waals surface area contributed by atoms with Crippen LogP contribution in [0, 0.1) is 16.7 Å². The van der Waals surface area contributed by atoms with Gasteiger partial charge in [-0.2, -0.15) is 5.10 Å². The van der Waals surface area contributed by atoms with E-state index in [0.717, 1.165) is 50.4 Å². The van der Waals surface area contributed by atoms with Crippen LogP contribution in [0.15, 0.2) is 42.5 Å². The number of imide groups is 2. The number of aromatic nitrogens is 3. The number of nitrogens with zero attached hydrogens (tertiary/aromatic N) is 4. The van der Waals surface area contributed by atoms with Crippen LogP contribution in [0.2, 0.25) is 0 Å². The monoisotopic (exact) mass is 757 g/mol. The number of likely N-dealkylation sites (tertiary alicyclic amines) is 1. The second-order valence-corrected chi connectivity index (χ2v) is 16.0. The Hall–Kier alpha value is -4.95. The van der Waals surface area contributed by atoms with Crippen molar-refractivity contribution in [3.05, 3.63) is 70.4 Å². The third kappa shape index (κ3) is 4.88. The number of carbonyl (C=O) groups excluding carboxylic acids is 5. The van der Waals surface area contributed by atoms with Crippen LogP contribution >= 0.6 is 12.4 Å². The summed E-state index contributed by atoms with van der Waals surface area (Å²) in [7, 11) is 0. The van der Waals surface area contributed by atoms with Gasteiger partial charge in [-0.3, -0.25) is 44.2 Å². The molecule has 12 nitrogen and oxygen atoms in total. The van der Waals surface area contributed by atoms with Crippen LogP contribution in [0.1, 0.15) is 76.6 Å². The van der Waals surface area contributed by atoms with Crippen molar-refractivity contribution in [3.63, 3.8) is 0 Å². The Bertz CT molecular complexity index is 2330.